The van der Waals surface area contributed by atoms with Crippen LogP contribution in [0.5, 0.6) is 0 Å². The van der Waals surface area contributed by atoms with Crippen molar-refractivity contribution in [2.75, 3.05) is 38.0 Å². The van der Waals surface area contributed by atoms with E-state index in [-0.39, 0.29) is 0 Å². The lowest BCUT2D eigenvalue weighted by atomic mass is 10.2. The normalized spacial score (nSPS) is 10.9. The molecule has 3 aromatic heterocycles. The van der Waals surface area contributed by atoms with Crippen molar-refractivity contribution in [2.24, 2.45) is 14.1 Å². The van der Waals surface area contributed by atoms with E-state index < -0.39 is 0 Å². The predicted octanol–water partition coefficient (Wildman–Crippen LogP) is 2.62. The molecular formula is C22H31N5+2. The Bertz CT molecular complexity index is 878. The van der Waals surface area contributed by atoms with E-state index >= 15 is 0 Å². The van der Waals surface area contributed by atoms with Crippen molar-refractivity contribution in [3.05, 3.63) is 48.8 Å². The average molecular weight is 366 g/mol. The molecule has 3 heterocycles. The molecule has 0 aliphatic rings. The van der Waals surface area contributed by atoms with Gasteiger partial charge >= 0.3 is 0 Å². The highest BCUT2D eigenvalue weighted by Gasteiger charge is 2.22. The summed E-state index contributed by atoms with van der Waals surface area (Å²) in [6.45, 7) is 3.12. The van der Waals surface area contributed by atoms with E-state index in [9.17, 15) is 0 Å². The van der Waals surface area contributed by atoms with Crippen molar-refractivity contribution in [1.29, 1.82) is 0 Å². The van der Waals surface area contributed by atoms with Gasteiger partial charge in [0.15, 0.2) is 12.4 Å². The monoisotopic (exact) mass is 365 g/mol. The molecule has 3 rings (SSSR count). The molecule has 0 aromatic carbocycles. The fourth-order valence-corrected chi connectivity index (χ4v) is 3.44. The number of anilines is 2. The van der Waals surface area contributed by atoms with Gasteiger partial charge in [0.05, 0.1) is 0 Å². The van der Waals surface area contributed by atoms with Gasteiger partial charge in [0.1, 0.15) is 25.5 Å². The zero-order valence-corrected chi connectivity index (χ0v) is 17.6. The summed E-state index contributed by atoms with van der Waals surface area (Å²) in [6.07, 6.45) is 4.26. The Kier molecular flexibility index (Phi) is 5.22. The zero-order valence-electron chi connectivity index (χ0n) is 17.6. The van der Waals surface area contributed by atoms with Crippen LogP contribution in [0.25, 0.3) is 22.8 Å². The molecule has 0 bridgehead atoms. The van der Waals surface area contributed by atoms with E-state index in [0.717, 1.165) is 6.54 Å². The Balaban J connectivity index is 2.18. The van der Waals surface area contributed by atoms with Crippen molar-refractivity contribution >= 4 is 11.4 Å². The molecular weight excluding hydrogens is 334 g/mol. The molecule has 5 nitrogen and oxygen atoms in total. The van der Waals surface area contributed by atoms with Crippen molar-refractivity contribution < 1.29 is 9.13 Å². The van der Waals surface area contributed by atoms with Crippen LogP contribution in [-0.4, -0.2) is 32.8 Å². The van der Waals surface area contributed by atoms with E-state index in [1.54, 1.807) is 0 Å². The summed E-state index contributed by atoms with van der Waals surface area (Å²) < 4.78 is 6.77. The molecule has 0 fully saturated rings. The molecule has 5 heteroatoms. The molecule has 0 radical (unpaired) electrons. The zero-order chi connectivity index (χ0) is 19.7. The van der Waals surface area contributed by atoms with Gasteiger partial charge in [0.2, 0.25) is 11.4 Å². The third kappa shape index (κ3) is 3.54. The maximum absolute atomic E-state index is 2.39. The molecule has 3 aromatic rings. The van der Waals surface area contributed by atoms with E-state index in [0.29, 0.717) is 0 Å². The molecule has 0 aliphatic heterocycles. The lowest BCUT2D eigenvalue weighted by Gasteiger charge is -2.15. The van der Waals surface area contributed by atoms with E-state index in [1.165, 1.54) is 34.2 Å². The van der Waals surface area contributed by atoms with Crippen LogP contribution in [0.4, 0.5) is 11.4 Å². The van der Waals surface area contributed by atoms with Crippen molar-refractivity contribution in [3.63, 3.8) is 0 Å². The van der Waals surface area contributed by atoms with Gasteiger partial charge in [-0.1, -0.05) is 0 Å². The molecule has 0 aliphatic carbocycles. The average Bonchev–Trinajstić information content (AvgIpc) is 3.05. The van der Waals surface area contributed by atoms with Crippen LogP contribution in [0, 0.1) is 0 Å². The summed E-state index contributed by atoms with van der Waals surface area (Å²) in [5.41, 5.74) is 7.28. The van der Waals surface area contributed by atoms with Crippen LogP contribution in [0.1, 0.15) is 6.92 Å². The summed E-state index contributed by atoms with van der Waals surface area (Å²) in [5, 5.41) is 0. The first-order valence-electron chi connectivity index (χ1n) is 9.37. The quantitative estimate of drug-likeness (QED) is 0.648. The second-order valence-electron chi connectivity index (χ2n) is 7.40. The van der Waals surface area contributed by atoms with Crippen molar-refractivity contribution in [3.8, 4) is 22.8 Å². The topological polar surface area (TPSA) is 19.2 Å². The molecule has 0 unspecified atom stereocenters. The first-order valence-corrected chi connectivity index (χ1v) is 9.37. The first kappa shape index (κ1) is 19.0. The molecule has 0 saturated heterocycles. The number of nitrogens with zero attached hydrogens (tertiary/aromatic N) is 5. The van der Waals surface area contributed by atoms with Gasteiger partial charge < -0.3 is 14.4 Å². The number of pyridine rings is 2. The third-order valence-corrected chi connectivity index (χ3v) is 5.12. The fraction of sp³-hybridized carbons (Fsp3) is 0.364. The Labute approximate surface area is 162 Å². The third-order valence-electron chi connectivity index (χ3n) is 5.12. The van der Waals surface area contributed by atoms with Crippen molar-refractivity contribution in [1.82, 2.24) is 4.57 Å². The van der Waals surface area contributed by atoms with Crippen LogP contribution in [-0.2, 0) is 20.6 Å². The standard InChI is InChI=1S/C22H31N5/c1-8-27-19(21-15-17(23(2)3)11-13-25(21)6)9-10-20(27)22-16-18(24(4)5)12-14-26(22)7/h9-16H,8H2,1-7H3/q+2. The molecule has 0 spiro atoms. The molecule has 0 saturated carbocycles. The van der Waals surface area contributed by atoms with Gasteiger partial charge in [-0.3, -0.25) is 0 Å². The highest BCUT2D eigenvalue weighted by atomic mass is 15.1. The van der Waals surface area contributed by atoms with Crippen molar-refractivity contribution in [2.45, 2.75) is 13.5 Å². The Morgan fingerprint density at radius 3 is 1.48 bits per heavy atom. The van der Waals surface area contributed by atoms with Gasteiger partial charge in [-0.2, -0.15) is 9.13 Å². The van der Waals surface area contributed by atoms with Crippen LogP contribution >= 0.6 is 0 Å². The smallest absolute Gasteiger partial charge is 0.231 e. The lowest BCUT2D eigenvalue weighted by molar-refractivity contribution is -0.660. The van der Waals surface area contributed by atoms with Crippen LogP contribution < -0.4 is 18.9 Å². The minimum absolute atomic E-state index is 0.913. The van der Waals surface area contributed by atoms with E-state index in [1.807, 2.05) is 0 Å². The molecule has 0 atom stereocenters. The number of aryl methyl sites for hydroxylation is 2. The predicted molar refractivity (Wildman–Crippen MR) is 112 cm³/mol. The van der Waals surface area contributed by atoms with Gasteiger partial charge in [-0.25, -0.2) is 0 Å². The number of hydrogen-bond acceptors (Lipinski definition) is 2. The summed E-state index contributed by atoms with van der Waals surface area (Å²) in [6, 6.07) is 13.3. The second kappa shape index (κ2) is 7.43. The second-order valence-corrected chi connectivity index (χ2v) is 7.40. The maximum atomic E-state index is 2.39. The number of rotatable bonds is 5. The number of hydrogen-bond donors (Lipinski definition) is 0. The molecule has 142 valence electrons. The Hall–Kier alpha value is -2.82. The van der Waals surface area contributed by atoms with E-state index in [4.69, 9.17) is 0 Å². The molecule has 0 N–H and O–H groups in total. The first-order chi connectivity index (χ1) is 12.8. The van der Waals surface area contributed by atoms with Gasteiger partial charge in [0.25, 0.3) is 0 Å². The maximum Gasteiger partial charge on any atom is 0.231 e. The Morgan fingerprint density at radius 2 is 1.15 bits per heavy atom. The lowest BCUT2D eigenvalue weighted by Crippen LogP contribution is -2.33. The van der Waals surface area contributed by atoms with E-state index in [2.05, 4.69) is 122 Å². The number of aromatic nitrogens is 3. The van der Waals surface area contributed by atoms with Crippen LogP contribution in [0.2, 0.25) is 0 Å². The minimum atomic E-state index is 0.913. The summed E-state index contributed by atoms with van der Waals surface area (Å²) >= 11 is 0. The Morgan fingerprint density at radius 1 is 0.741 bits per heavy atom. The van der Waals surface area contributed by atoms with Gasteiger partial charge in [0, 0.05) is 70.4 Å². The summed E-state index contributed by atoms with van der Waals surface area (Å²) in [4.78, 5) is 4.29. The van der Waals surface area contributed by atoms with Gasteiger partial charge in [-0.05, 0) is 19.1 Å². The highest BCUT2D eigenvalue weighted by Crippen LogP contribution is 2.28. The fourth-order valence-electron chi connectivity index (χ4n) is 3.44. The summed E-state index contributed by atoms with van der Waals surface area (Å²) in [7, 11) is 12.5. The largest absolute Gasteiger partial charge is 0.377 e. The van der Waals surface area contributed by atoms with Gasteiger partial charge in [-0.15, -0.1) is 0 Å². The van der Waals surface area contributed by atoms with Crippen LogP contribution in [0.3, 0.4) is 0 Å². The van der Waals surface area contributed by atoms with Crippen LogP contribution in [0.15, 0.2) is 48.8 Å². The SMILES string of the molecule is CCn1c(-c2cc(N(C)C)cc[n+]2C)ccc1-c1cc(N(C)C)cc[n+]1C. The highest BCUT2D eigenvalue weighted by molar-refractivity contribution is 5.67. The molecule has 27 heavy (non-hydrogen) atoms. The molecule has 0 amide bonds. The summed E-state index contributed by atoms with van der Waals surface area (Å²) in [5.74, 6) is 0. The minimum Gasteiger partial charge on any atom is -0.377 e.